The van der Waals surface area contributed by atoms with Crippen LogP contribution in [0.1, 0.15) is 63.4 Å². The van der Waals surface area contributed by atoms with Crippen LogP contribution >= 0.6 is 0 Å². The number of nitrogens with one attached hydrogen (secondary N) is 1. The molecule has 194 valence electrons. The minimum Gasteiger partial charge on any atom is -0.492 e. The molecule has 1 atom stereocenters. The summed E-state index contributed by atoms with van der Waals surface area (Å²) < 4.78 is 26.5. The van der Waals surface area contributed by atoms with Gasteiger partial charge in [0, 0.05) is 11.6 Å². The molecule has 37 heavy (non-hydrogen) atoms. The number of benzene rings is 3. The van der Waals surface area contributed by atoms with Crippen molar-refractivity contribution in [1.29, 1.82) is 0 Å². The Morgan fingerprint density at radius 3 is 2.38 bits per heavy atom. The first kappa shape index (κ1) is 26.3. The van der Waals surface area contributed by atoms with Crippen LogP contribution in [0.25, 0.3) is 11.1 Å². The van der Waals surface area contributed by atoms with Crippen LogP contribution in [-0.4, -0.2) is 27.2 Å². The van der Waals surface area contributed by atoms with E-state index in [0.29, 0.717) is 24.8 Å². The van der Waals surface area contributed by atoms with Crippen molar-refractivity contribution in [2.75, 3.05) is 6.61 Å². The monoisotopic (exact) mass is 502 g/mol. The van der Waals surface area contributed by atoms with Crippen molar-refractivity contribution < 1.29 is 13.9 Å². The molecule has 0 aliphatic carbocycles. The minimum atomic E-state index is -0.381. The molecule has 0 spiro atoms. The fourth-order valence-electron chi connectivity index (χ4n) is 4.39. The second-order valence-corrected chi connectivity index (χ2v) is 9.63. The summed E-state index contributed by atoms with van der Waals surface area (Å²) in [5.41, 5.74) is 3.53. The summed E-state index contributed by atoms with van der Waals surface area (Å²) in [7, 11) is 0. The molecule has 0 aliphatic heterocycles. The highest BCUT2D eigenvalue weighted by Gasteiger charge is 2.32. The first-order valence-electron chi connectivity index (χ1n) is 13.0. The van der Waals surface area contributed by atoms with Gasteiger partial charge < -0.3 is 9.47 Å². The van der Waals surface area contributed by atoms with Gasteiger partial charge in [0.1, 0.15) is 30.5 Å². The number of halogens is 1. The van der Waals surface area contributed by atoms with E-state index >= 15 is 0 Å². The Labute approximate surface area is 218 Å². The molecule has 0 amide bonds. The van der Waals surface area contributed by atoms with Gasteiger partial charge in [-0.15, -0.1) is 10.2 Å². The first-order valence-corrected chi connectivity index (χ1v) is 13.0. The number of rotatable bonds is 13. The Morgan fingerprint density at radius 2 is 1.70 bits per heavy atom. The van der Waals surface area contributed by atoms with Gasteiger partial charge in [0.25, 0.3) is 0 Å². The number of hydrogen-bond donors (Lipinski definition) is 1. The molecule has 4 aromatic rings. The lowest BCUT2D eigenvalue weighted by Gasteiger charge is -2.27. The smallest absolute Gasteiger partial charge is 0.183 e. The molecule has 0 fully saturated rings. The number of aryl methyl sites for hydroxylation is 1. The molecule has 7 heteroatoms. The number of hydrogen-bond acceptors (Lipinski definition) is 5. The predicted octanol–water partition coefficient (Wildman–Crippen LogP) is 7.06. The normalized spacial score (nSPS) is 12.8. The van der Waals surface area contributed by atoms with Gasteiger partial charge in [-0.05, 0) is 54.7 Å². The molecule has 0 radical (unpaired) electrons. The summed E-state index contributed by atoms with van der Waals surface area (Å²) in [5, 5.41) is 14.9. The fraction of sp³-hybridized carbons (Fsp3) is 0.367. The highest BCUT2D eigenvalue weighted by atomic mass is 19.1. The number of tetrazole rings is 1. The molecule has 1 aromatic heterocycles. The largest absolute Gasteiger partial charge is 0.492 e. The third-order valence-electron chi connectivity index (χ3n) is 6.70. The summed E-state index contributed by atoms with van der Waals surface area (Å²) in [5.74, 6) is 1.84. The van der Waals surface area contributed by atoms with Gasteiger partial charge >= 0.3 is 0 Å². The van der Waals surface area contributed by atoms with Crippen LogP contribution in [0.15, 0.2) is 66.7 Å². The second-order valence-electron chi connectivity index (χ2n) is 9.63. The van der Waals surface area contributed by atoms with Crippen LogP contribution in [0, 0.1) is 5.82 Å². The highest BCUT2D eigenvalue weighted by molar-refractivity contribution is 5.73. The van der Waals surface area contributed by atoms with E-state index in [9.17, 15) is 4.39 Å². The van der Waals surface area contributed by atoms with E-state index < -0.39 is 0 Å². The van der Waals surface area contributed by atoms with Gasteiger partial charge in [-0.3, -0.25) is 0 Å². The van der Waals surface area contributed by atoms with Crippen LogP contribution in [0.2, 0.25) is 0 Å². The topological polar surface area (TPSA) is 72.9 Å². The SMILES string of the molecule is CCCCCC(C)(COc1cc(OCc2ccccc2)c(-c2ccc(F)cc2)cc1CC)c1nn[nH]n1. The lowest BCUT2D eigenvalue weighted by atomic mass is 9.84. The maximum Gasteiger partial charge on any atom is 0.183 e. The highest BCUT2D eigenvalue weighted by Crippen LogP contribution is 2.38. The van der Waals surface area contributed by atoms with E-state index in [4.69, 9.17) is 9.47 Å². The molecule has 3 aromatic carbocycles. The van der Waals surface area contributed by atoms with Crippen molar-refractivity contribution in [2.24, 2.45) is 0 Å². The second kappa shape index (κ2) is 12.5. The Morgan fingerprint density at radius 1 is 0.919 bits per heavy atom. The van der Waals surface area contributed by atoms with E-state index in [0.717, 1.165) is 60.1 Å². The number of unbranched alkanes of at least 4 members (excludes halogenated alkanes) is 2. The zero-order valence-electron chi connectivity index (χ0n) is 21.8. The minimum absolute atomic E-state index is 0.269. The van der Waals surface area contributed by atoms with Gasteiger partial charge in [-0.2, -0.15) is 5.21 Å². The molecular formula is C30H35FN4O2. The third-order valence-corrected chi connectivity index (χ3v) is 6.70. The van der Waals surface area contributed by atoms with Crippen molar-refractivity contribution in [1.82, 2.24) is 20.6 Å². The molecule has 1 N–H and O–H groups in total. The molecule has 0 saturated carbocycles. The number of ether oxygens (including phenoxy) is 2. The zero-order chi connectivity index (χ0) is 26.1. The predicted molar refractivity (Wildman–Crippen MR) is 143 cm³/mol. The molecule has 0 aliphatic rings. The fourth-order valence-corrected chi connectivity index (χ4v) is 4.39. The third kappa shape index (κ3) is 6.73. The molecule has 1 unspecified atom stereocenters. The van der Waals surface area contributed by atoms with E-state index in [1.807, 2.05) is 36.4 Å². The van der Waals surface area contributed by atoms with Crippen LogP contribution in [0.3, 0.4) is 0 Å². The van der Waals surface area contributed by atoms with Gasteiger partial charge in [-0.25, -0.2) is 4.39 Å². The van der Waals surface area contributed by atoms with Gasteiger partial charge in [0.2, 0.25) is 0 Å². The number of nitrogens with zero attached hydrogens (tertiary/aromatic N) is 3. The number of aromatic nitrogens is 4. The van der Waals surface area contributed by atoms with E-state index in [1.165, 1.54) is 12.1 Å². The van der Waals surface area contributed by atoms with Crippen molar-refractivity contribution in [3.8, 4) is 22.6 Å². The average molecular weight is 503 g/mol. The molecule has 0 saturated heterocycles. The molecule has 1 heterocycles. The Hall–Kier alpha value is -3.74. The van der Waals surface area contributed by atoms with Gasteiger partial charge in [0.05, 0.1) is 5.41 Å². The van der Waals surface area contributed by atoms with Crippen LogP contribution < -0.4 is 9.47 Å². The van der Waals surface area contributed by atoms with Crippen molar-refractivity contribution in [3.63, 3.8) is 0 Å². The summed E-state index contributed by atoms with van der Waals surface area (Å²) in [6.07, 6.45) is 5.00. The van der Waals surface area contributed by atoms with Crippen molar-refractivity contribution in [2.45, 2.75) is 64.9 Å². The number of aromatic amines is 1. The molecule has 4 rings (SSSR count). The van der Waals surface area contributed by atoms with Crippen LogP contribution in [0.5, 0.6) is 11.5 Å². The lowest BCUT2D eigenvalue weighted by Crippen LogP contribution is -2.32. The van der Waals surface area contributed by atoms with E-state index in [-0.39, 0.29) is 11.2 Å². The Balaban J connectivity index is 1.65. The van der Waals surface area contributed by atoms with E-state index in [1.54, 1.807) is 12.1 Å². The Kier molecular flexibility index (Phi) is 8.88. The van der Waals surface area contributed by atoms with Gasteiger partial charge in [0.15, 0.2) is 5.82 Å². The summed E-state index contributed by atoms with van der Waals surface area (Å²) in [6.45, 7) is 7.24. The van der Waals surface area contributed by atoms with Crippen LogP contribution in [0.4, 0.5) is 4.39 Å². The maximum absolute atomic E-state index is 13.7. The zero-order valence-corrected chi connectivity index (χ0v) is 21.8. The lowest BCUT2D eigenvalue weighted by molar-refractivity contribution is 0.203. The first-order chi connectivity index (χ1) is 18.0. The average Bonchev–Trinajstić information content (AvgIpc) is 3.48. The quantitative estimate of drug-likeness (QED) is 0.198. The molecule has 0 bridgehead atoms. The Bertz CT molecular complexity index is 1250. The van der Waals surface area contributed by atoms with Gasteiger partial charge in [-0.1, -0.05) is 80.8 Å². The molecular weight excluding hydrogens is 467 g/mol. The standard InChI is InChI=1S/C30H35FN4O2/c1-4-6-10-17-30(3,29-32-34-35-33-29)21-37-27-19-28(36-20-22-11-8-7-9-12-22)26(18-23(27)5-2)24-13-15-25(31)16-14-24/h7-9,11-16,18-19H,4-6,10,17,20-21H2,1-3H3,(H,32,33,34,35). The van der Waals surface area contributed by atoms with Crippen molar-refractivity contribution >= 4 is 0 Å². The summed E-state index contributed by atoms with van der Waals surface area (Å²) in [6, 6.07) is 20.6. The van der Waals surface area contributed by atoms with E-state index in [2.05, 4.69) is 47.5 Å². The van der Waals surface area contributed by atoms with Crippen LogP contribution in [-0.2, 0) is 18.4 Å². The van der Waals surface area contributed by atoms with Crippen molar-refractivity contribution in [3.05, 3.63) is 89.5 Å². The molecule has 6 nitrogen and oxygen atoms in total. The number of H-pyrrole nitrogens is 1. The summed E-state index contributed by atoms with van der Waals surface area (Å²) in [4.78, 5) is 0. The maximum atomic E-state index is 13.7. The summed E-state index contributed by atoms with van der Waals surface area (Å²) >= 11 is 0.